The van der Waals surface area contributed by atoms with Gasteiger partial charge in [-0.15, -0.1) is 0 Å². The maximum absolute atomic E-state index is 12.6. The SMILES string of the molecule is CC/C=C\C/C=C\C/C=C\C/C=C\CCC(=O)NC(COP(=O)(O)OCCN)C(O)/C=C/CC/C=C/CC/C=C/CCCCCCCC. The van der Waals surface area contributed by atoms with E-state index in [1.54, 1.807) is 6.08 Å². The van der Waals surface area contributed by atoms with Gasteiger partial charge in [0.1, 0.15) is 0 Å². The van der Waals surface area contributed by atoms with Crippen molar-refractivity contribution in [2.45, 2.75) is 135 Å². The molecule has 0 aromatic rings. The number of carbonyl (C=O) groups is 1. The molecule has 0 aromatic carbocycles. The molecule has 274 valence electrons. The smallest absolute Gasteiger partial charge is 0.387 e. The molecule has 0 heterocycles. The van der Waals surface area contributed by atoms with Crippen LogP contribution >= 0.6 is 7.82 Å². The van der Waals surface area contributed by atoms with Gasteiger partial charge in [-0.2, -0.15) is 0 Å². The number of aliphatic hydroxyl groups is 1. The predicted octanol–water partition coefficient (Wildman–Crippen LogP) is 9.49. The van der Waals surface area contributed by atoms with Crippen molar-refractivity contribution >= 4 is 13.7 Å². The van der Waals surface area contributed by atoms with Gasteiger partial charge in [-0.3, -0.25) is 13.8 Å². The van der Waals surface area contributed by atoms with E-state index in [4.69, 9.17) is 14.8 Å². The quantitative estimate of drug-likeness (QED) is 0.0314. The minimum Gasteiger partial charge on any atom is -0.387 e. The molecule has 5 N–H and O–H groups in total. The van der Waals surface area contributed by atoms with E-state index in [1.165, 1.54) is 38.5 Å². The van der Waals surface area contributed by atoms with E-state index in [-0.39, 0.29) is 25.5 Å². The Labute approximate surface area is 292 Å². The van der Waals surface area contributed by atoms with Crippen molar-refractivity contribution in [2.75, 3.05) is 19.8 Å². The third-order valence-corrected chi connectivity index (χ3v) is 8.18. The van der Waals surface area contributed by atoms with Crippen LogP contribution in [0.3, 0.4) is 0 Å². The molecule has 0 fully saturated rings. The zero-order valence-corrected chi connectivity index (χ0v) is 30.8. The highest BCUT2D eigenvalue weighted by atomic mass is 31.2. The maximum Gasteiger partial charge on any atom is 0.472 e. The molecular weight excluding hydrogens is 623 g/mol. The second-order valence-corrected chi connectivity index (χ2v) is 13.1. The van der Waals surface area contributed by atoms with Crippen molar-refractivity contribution in [1.29, 1.82) is 0 Å². The number of allylic oxidation sites excluding steroid dienone is 13. The van der Waals surface area contributed by atoms with Crippen LogP contribution in [0.2, 0.25) is 0 Å². The van der Waals surface area contributed by atoms with Crippen molar-refractivity contribution in [3.8, 4) is 0 Å². The molecule has 8 nitrogen and oxygen atoms in total. The van der Waals surface area contributed by atoms with Gasteiger partial charge >= 0.3 is 7.82 Å². The molecule has 48 heavy (non-hydrogen) atoms. The predicted molar refractivity (Wildman–Crippen MR) is 203 cm³/mol. The van der Waals surface area contributed by atoms with E-state index in [2.05, 4.69) is 79.9 Å². The van der Waals surface area contributed by atoms with E-state index in [0.717, 1.165) is 51.4 Å². The molecule has 0 aliphatic heterocycles. The molecule has 0 aromatic heterocycles. The lowest BCUT2D eigenvalue weighted by Gasteiger charge is -2.23. The number of phosphoric ester groups is 1. The topological polar surface area (TPSA) is 131 Å². The van der Waals surface area contributed by atoms with Gasteiger partial charge in [0.2, 0.25) is 5.91 Å². The number of aliphatic hydroxyl groups excluding tert-OH is 1. The van der Waals surface area contributed by atoms with Crippen LogP contribution in [0.25, 0.3) is 0 Å². The highest BCUT2D eigenvalue weighted by Gasteiger charge is 2.26. The molecule has 0 spiro atoms. The minimum absolute atomic E-state index is 0.0567. The van der Waals surface area contributed by atoms with E-state index < -0.39 is 26.6 Å². The fourth-order valence-electron chi connectivity index (χ4n) is 4.47. The first kappa shape index (κ1) is 45.7. The molecular formula is C39H67N2O6P. The van der Waals surface area contributed by atoms with E-state index in [1.807, 2.05) is 18.2 Å². The normalized spacial score (nSPS) is 15.4. The molecule has 0 saturated carbocycles. The summed E-state index contributed by atoms with van der Waals surface area (Å²) in [6.45, 7) is 3.88. The first-order valence-electron chi connectivity index (χ1n) is 18.2. The zero-order chi connectivity index (χ0) is 35.4. The summed E-state index contributed by atoms with van der Waals surface area (Å²) in [5, 5.41) is 13.5. The van der Waals surface area contributed by atoms with Crippen LogP contribution < -0.4 is 11.1 Å². The Morgan fingerprint density at radius 3 is 1.83 bits per heavy atom. The Morgan fingerprint density at radius 1 is 0.708 bits per heavy atom. The van der Waals surface area contributed by atoms with Gasteiger partial charge in [0.15, 0.2) is 0 Å². The Bertz CT molecular complexity index is 1020. The lowest BCUT2D eigenvalue weighted by molar-refractivity contribution is -0.122. The van der Waals surface area contributed by atoms with Gasteiger partial charge in [0.25, 0.3) is 0 Å². The standard InChI is InChI=1S/C39H67N2O6P/c1-3-5-7-9-11-13-15-17-18-19-21-22-24-26-28-30-32-38(42)37(36-47-48(44,45)46-35-34-40)41-39(43)33-31-29-27-25-23-20-16-14-12-10-8-6-4-2/h6,8,12,14,17-18,20,22-24,27,29-30,32,37-38,42H,3-5,7,9-11,13,15-16,19,21,25-26,28,31,33-36,40H2,1-2H3,(H,41,43)(H,44,45)/b8-6-,14-12-,18-17+,23-20-,24-22+,29-27-,32-30+. The van der Waals surface area contributed by atoms with Crippen molar-refractivity contribution in [3.05, 3.63) is 85.1 Å². The van der Waals surface area contributed by atoms with Crippen LogP contribution in [-0.2, 0) is 18.4 Å². The Kier molecular flexibility index (Phi) is 32.9. The molecule has 0 aliphatic rings. The van der Waals surface area contributed by atoms with Crippen LogP contribution in [-0.4, -0.2) is 47.8 Å². The Hall–Kier alpha value is -2.32. The number of carbonyl (C=O) groups excluding carboxylic acids is 1. The number of rotatable bonds is 32. The molecule has 0 bridgehead atoms. The fraction of sp³-hybridized carbons (Fsp3) is 0.615. The molecule has 0 aliphatic carbocycles. The van der Waals surface area contributed by atoms with Crippen molar-refractivity contribution in [1.82, 2.24) is 5.32 Å². The van der Waals surface area contributed by atoms with Crippen LogP contribution in [0.5, 0.6) is 0 Å². The molecule has 3 unspecified atom stereocenters. The third-order valence-electron chi connectivity index (χ3n) is 7.20. The molecule has 3 atom stereocenters. The highest BCUT2D eigenvalue weighted by Crippen LogP contribution is 2.43. The molecule has 0 radical (unpaired) electrons. The number of phosphoric acid groups is 1. The van der Waals surface area contributed by atoms with Crippen molar-refractivity contribution in [3.63, 3.8) is 0 Å². The average molecular weight is 691 g/mol. The Balaban J connectivity index is 4.57. The largest absolute Gasteiger partial charge is 0.472 e. The van der Waals surface area contributed by atoms with Gasteiger partial charge in [0, 0.05) is 13.0 Å². The maximum atomic E-state index is 12.6. The second kappa shape index (κ2) is 34.5. The monoisotopic (exact) mass is 690 g/mol. The van der Waals surface area contributed by atoms with E-state index >= 15 is 0 Å². The first-order valence-corrected chi connectivity index (χ1v) is 19.7. The summed E-state index contributed by atoms with van der Waals surface area (Å²) in [4.78, 5) is 22.5. The van der Waals surface area contributed by atoms with Gasteiger partial charge in [-0.1, -0.05) is 131 Å². The van der Waals surface area contributed by atoms with E-state index in [9.17, 15) is 19.4 Å². The highest BCUT2D eigenvalue weighted by molar-refractivity contribution is 7.47. The van der Waals surface area contributed by atoms with E-state index in [0.29, 0.717) is 12.8 Å². The molecule has 9 heteroatoms. The summed E-state index contributed by atoms with van der Waals surface area (Å²) < 4.78 is 22.0. The summed E-state index contributed by atoms with van der Waals surface area (Å²) in [5.41, 5.74) is 5.34. The number of hydrogen-bond donors (Lipinski definition) is 4. The van der Waals surface area contributed by atoms with Crippen LogP contribution in [0.1, 0.15) is 123 Å². The summed E-state index contributed by atoms with van der Waals surface area (Å²) in [6.07, 6.45) is 45.1. The number of amides is 1. The number of nitrogens with one attached hydrogen (secondary N) is 1. The lowest BCUT2D eigenvalue weighted by atomic mass is 10.1. The van der Waals surface area contributed by atoms with Gasteiger partial charge < -0.3 is 21.1 Å². The second-order valence-electron chi connectivity index (χ2n) is 11.7. The third kappa shape index (κ3) is 32.2. The number of unbranched alkanes of at least 4 members (excludes halogenated alkanes) is 8. The first-order chi connectivity index (χ1) is 23.4. The lowest BCUT2D eigenvalue weighted by Crippen LogP contribution is -2.45. The fourth-order valence-corrected chi connectivity index (χ4v) is 5.22. The average Bonchev–Trinajstić information content (AvgIpc) is 3.07. The summed E-state index contributed by atoms with van der Waals surface area (Å²) in [7, 11) is -4.37. The van der Waals surface area contributed by atoms with Crippen LogP contribution in [0.4, 0.5) is 0 Å². The molecule has 0 rings (SSSR count). The zero-order valence-electron chi connectivity index (χ0n) is 29.9. The van der Waals surface area contributed by atoms with Gasteiger partial charge in [-0.25, -0.2) is 4.57 Å². The summed E-state index contributed by atoms with van der Waals surface area (Å²) in [6, 6.07) is -0.924. The number of nitrogens with two attached hydrogens (primary N) is 1. The molecule has 1 amide bonds. The van der Waals surface area contributed by atoms with Crippen molar-refractivity contribution < 1.29 is 28.4 Å². The van der Waals surface area contributed by atoms with Crippen molar-refractivity contribution in [2.24, 2.45) is 5.73 Å². The van der Waals surface area contributed by atoms with Crippen LogP contribution in [0.15, 0.2) is 85.1 Å². The molecule has 0 saturated heterocycles. The number of hydrogen-bond acceptors (Lipinski definition) is 6. The minimum atomic E-state index is -4.37. The van der Waals surface area contributed by atoms with Gasteiger partial charge in [-0.05, 0) is 70.6 Å². The van der Waals surface area contributed by atoms with Crippen LogP contribution in [0, 0.1) is 0 Å². The summed E-state index contributed by atoms with van der Waals surface area (Å²) >= 11 is 0. The summed E-state index contributed by atoms with van der Waals surface area (Å²) in [5.74, 6) is -0.293. The Morgan fingerprint density at radius 2 is 1.23 bits per heavy atom. The van der Waals surface area contributed by atoms with Gasteiger partial charge in [0.05, 0.1) is 25.4 Å².